The van der Waals surface area contributed by atoms with E-state index in [0.29, 0.717) is 16.8 Å². The molecule has 0 unspecified atom stereocenters. The summed E-state index contributed by atoms with van der Waals surface area (Å²) in [5.74, 6) is 0.271. The summed E-state index contributed by atoms with van der Waals surface area (Å²) in [6, 6.07) is 17.6. The highest BCUT2D eigenvalue weighted by Gasteiger charge is 2.31. The third kappa shape index (κ3) is 5.12. The number of hydrogen-bond donors (Lipinski definition) is 1. The quantitative estimate of drug-likeness (QED) is 0.368. The zero-order valence-corrected chi connectivity index (χ0v) is 21.9. The van der Waals surface area contributed by atoms with Crippen molar-refractivity contribution >= 4 is 42.7 Å². The molecule has 3 aromatic carbocycles. The Morgan fingerprint density at radius 3 is 1.97 bits per heavy atom. The molecule has 13 heteroatoms. The maximum absolute atomic E-state index is 13.3. The van der Waals surface area contributed by atoms with Gasteiger partial charge in [0.15, 0.2) is 11.6 Å². The van der Waals surface area contributed by atoms with Gasteiger partial charge in [0.1, 0.15) is 11.6 Å². The van der Waals surface area contributed by atoms with Gasteiger partial charge in [-0.25, -0.2) is 31.2 Å². The first-order valence-electron chi connectivity index (χ1n) is 11.6. The van der Waals surface area contributed by atoms with Gasteiger partial charge in [0.25, 0.3) is 10.0 Å². The van der Waals surface area contributed by atoms with Crippen molar-refractivity contribution in [1.82, 2.24) is 14.3 Å². The SMILES string of the molecule is COc1ccc(S(=O)(=O)N2CCN(c3nc4ccccc4nc3NS(=O)(=O)c3ccc(F)cc3)CC2)cc1. The molecule has 4 aromatic rings. The van der Waals surface area contributed by atoms with Crippen molar-refractivity contribution in [3.63, 3.8) is 0 Å². The summed E-state index contributed by atoms with van der Waals surface area (Å²) in [5, 5.41) is 0. The standard InChI is InChI=1S/C25H24FN5O5S2/c1-36-19-8-12-21(13-9-19)38(34,35)31-16-14-30(15-17-31)25-24(27-22-4-2-3-5-23(22)28-25)29-37(32,33)20-10-6-18(26)7-11-20/h2-13H,14-17H2,1H3,(H,27,29). The van der Waals surface area contributed by atoms with E-state index >= 15 is 0 Å². The molecule has 0 radical (unpaired) electrons. The molecule has 1 saturated heterocycles. The van der Waals surface area contributed by atoms with Crippen LogP contribution in [0, 0.1) is 5.82 Å². The molecule has 1 N–H and O–H groups in total. The van der Waals surface area contributed by atoms with E-state index in [9.17, 15) is 21.2 Å². The van der Waals surface area contributed by atoms with E-state index in [2.05, 4.69) is 14.7 Å². The third-order valence-electron chi connectivity index (χ3n) is 6.14. The number of aromatic nitrogens is 2. The number of nitrogens with zero attached hydrogens (tertiary/aromatic N) is 4. The van der Waals surface area contributed by atoms with Crippen molar-refractivity contribution in [2.24, 2.45) is 0 Å². The van der Waals surface area contributed by atoms with Gasteiger partial charge in [0.2, 0.25) is 10.0 Å². The molecular weight excluding hydrogens is 533 g/mol. The van der Waals surface area contributed by atoms with Crippen molar-refractivity contribution in [1.29, 1.82) is 0 Å². The average molecular weight is 558 g/mol. The highest BCUT2D eigenvalue weighted by Crippen LogP contribution is 2.29. The zero-order chi connectivity index (χ0) is 26.9. The first kappa shape index (κ1) is 25.8. The van der Waals surface area contributed by atoms with E-state index in [1.54, 1.807) is 41.3 Å². The van der Waals surface area contributed by atoms with Crippen molar-refractivity contribution in [3.05, 3.63) is 78.6 Å². The van der Waals surface area contributed by atoms with Crippen LogP contribution >= 0.6 is 0 Å². The van der Waals surface area contributed by atoms with Crippen LogP contribution in [-0.4, -0.2) is 64.4 Å². The van der Waals surface area contributed by atoms with Crippen LogP contribution in [0.4, 0.5) is 16.0 Å². The van der Waals surface area contributed by atoms with Crippen LogP contribution in [0.1, 0.15) is 0 Å². The largest absolute Gasteiger partial charge is 0.497 e. The van der Waals surface area contributed by atoms with Crippen molar-refractivity contribution in [3.8, 4) is 5.75 Å². The summed E-state index contributed by atoms with van der Waals surface area (Å²) in [7, 11) is -6.32. The van der Waals surface area contributed by atoms with Gasteiger partial charge in [0.05, 0.1) is 27.9 Å². The fourth-order valence-electron chi connectivity index (χ4n) is 4.12. The number of fused-ring (bicyclic) bond motifs is 1. The molecule has 2 heterocycles. The Balaban J connectivity index is 1.42. The lowest BCUT2D eigenvalue weighted by molar-refractivity contribution is 0.383. The minimum atomic E-state index is -4.10. The maximum Gasteiger partial charge on any atom is 0.263 e. The molecule has 0 atom stereocenters. The van der Waals surface area contributed by atoms with Crippen molar-refractivity contribution in [2.45, 2.75) is 9.79 Å². The minimum Gasteiger partial charge on any atom is -0.497 e. The molecule has 10 nitrogen and oxygen atoms in total. The van der Waals surface area contributed by atoms with Crippen LogP contribution < -0.4 is 14.4 Å². The van der Waals surface area contributed by atoms with Gasteiger partial charge in [-0.1, -0.05) is 12.1 Å². The minimum absolute atomic E-state index is 0.000475. The normalized spacial score (nSPS) is 14.9. The molecular formula is C25H24FN5O5S2. The average Bonchev–Trinajstić information content (AvgIpc) is 2.93. The number of halogens is 1. The Morgan fingerprint density at radius 2 is 1.37 bits per heavy atom. The number of ether oxygens (including phenoxy) is 1. The molecule has 38 heavy (non-hydrogen) atoms. The molecule has 0 bridgehead atoms. The number of benzene rings is 3. The van der Waals surface area contributed by atoms with E-state index < -0.39 is 25.9 Å². The van der Waals surface area contributed by atoms with Crippen LogP contribution in [0.3, 0.4) is 0 Å². The molecule has 0 aliphatic carbocycles. The molecule has 0 amide bonds. The number of sulfonamides is 2. The Morgan fingerprint density at radius 1 is 0.789 bits per heavy atom. The van der Waals surface area contributed by atoms with Gasteiger partial charge >= 0.3 is 0 Å². The molecule has 1 aromatic heterocycles. The number of para-hydroxylation sites is 2. The van der Waals surface area contributed by atoms with E-state index in [0.717, 1.165) is 24.3 Å². The molecule has 1 aliphatic rings. The lowest BCUT2D eigenvalue weighted by Crippen LogP contribution is -2.49. The van der Waals surface area contributed by atoms with Crippen LogP contribution in [0.2, 0.25) is 0 Å². The Hall–Kier alpha value is -3.81. The second-order valence-corrected chi connectivity index (χ2v) is 12.1. The summed E-state index contributed by atoms with van der Waals surface area (Å²) in [6.45, 7) is 0.835. The van der Waals surface area contributed by atoms with E-state index in [1.807, 2.05) is 0 Å². The number of rotatable bonds is 7. The second kappa shape index (κ2) is 10.2. The first-order chi connectivity index (χ1) is 18.2. The monoisotopic (exact) mass is 557 g/mol. The summed E-state index contributed by atoms with van der Waals surface area (Å²) >= 11 is 0. The van der Waals surface area contributed by atoms with Crippen LogP contribution in [-0.2, 0) is 20.0 Å². The molecule has 0 saturated carbocycles. The van der Waals surface area contributed by atoms with Gasteiger partial charge in [-0.3, -0.25) is 4.72 Å². The van der Waals surface area contributed by atoms with Crippen LogP contribution in [0.25, 0.3) is 11.0 Å². The topological polar surface area (TPSA) is 122 Å². The smallest absolute Gasteiger partial charge is 0.263 e. The first-order valence-corrected chi connectivity index (χ1v) is 14.5. The van der Waals surface area contributed by atoms with Crippen LogP contribution in [0.5, 0.6) is 5.75 Å². The Bertz CT molecular complexity index is 1670. The second-order valence-electron chi connectivity index (χ2n) is 8.51. The fraction of sp³-hybridized carbons (Fsp3) is 0.200. The van der Waals surface area contributed by atoms with Gasteiger partial charge in [-0.05, 0) is 60.7 Å². The Kier molecular flexibility index (Phi) is 6.90. The number of hydrogen-bond acceptors (Lipinski definition) is 8. The van der Waals surface area contributed by atoms with Crippen molar-refractivity contribution in [2.75, 3.05) is 42.9 Å². The van der Waals surface area contributed by atoms with Crippen LogP contribution in [0.15, 0.2) is 82.6 Å². The van der Waals surface area contributed by atoms with E-state index in [4.69, 9.17) is 4.74 Å². The van der Waals surface area contributed by atoms with E-state index in [-0.39, 0.29) is 47.6 Å². The predicted octanol–water partition coefficient (Wildman–Crippen LogP) is 3.09. The predicted molar refractivity (Wildman–Crippen MR) is 141 cm³/mol. The zero-order valence-electron chi connectivity index (χ0n) is 20.3. The highest BCUT2D eigenvalue weighted by atomic mass is 32.2. The molecule has 1 fully saturated rings. The molecule has 1 aliphatic heterocycles. The summed E-state index contributed by atoms with van der Waals surface area (Å²) < 4.78 is 74.7. The lowest BCUT2D eigenvalue weighted by Gasteiger charge is -2.35. The van der Waals surface area contributed by atoms with Gasteiger partial charge in [0, 0.05) is 26.2 Å². The fourth-order valence-corrected chi connectivity index (χ4v) is 6.54. The molecule has 0 spiro atoms. The number of piperazine rings is 1. The highest BCUT2D eigenvalue weighted by molar-refractivity contribution is 7.92. The van der Waals surface area contributed by atoms with E-state index in [1.165, 1.54) is 23.5 Å². The summed E-state index contributed by atoms with van der Waals surface area (Å²) in [4.78, 5) is 11.0. The van der Waals surface area contributed by atoms with Gasteiger partial charge in [-0.2, -0.15) is 4.31 Å². The Labute approximate surface area is 219 Å². The molecule has 5 rings (SSSR count). The maximum atomic E-state index is 13.3. The summed E-state index contributed by atoms with van der Waals surface area (Å²) in [6.07, 6.45) is 0. The molecule has 198 valence electrons. The lowest BCUT2D eigenvalue weighted by atomic mass is 10.3. The number of methoxy groups -OCH3 is 1. The number of anilines is 2. The van der Waals surface area contributed by atoms with Gasteiger partial charge < -0.3 is 9.64 Å². The van der Waals surface area contributed by atoms with Crippen molar-refractivity contribution < 1.29 is 26.0 Å². The summed E-state index contributed by atoms with van der Waals surface area (Å²) in [5.41, 5.74) is 1.04. The third-order valence-corrected chi connectivity index (χ3v) is 9.41. The van der Waals surface area contributed by atoms with Gasteiger partial charge in [-0.15, -0.1) is 0 Å². The number of nitrogens with one attached hydrogen (secondary N) is 1.